The van der Waals surface area contributed by atoms with E-state index < -0.39 is 6.10 Å². The lowest BCUT2D eigenvalue weighted by molar-refractivity contribution is 0.136. The normalized spacial score (nSPS) is 12.0. The third kappa shape index (κ3) is 3.92. The van der Waals surface area contributed by atoms with Crippen LogP contribution in [0.15, 0.2) is 60.9 Å². The summed E-state index contributed by atoms with van der Waals surface area (Å²) in [5.74, 6) is -0.368. The quantitative estimate of drug-likeness (QED) is 0.764. The summed E-state index contributed by atoms with van der Waals surface area (Å²) in [6, 6.07) is 12.6. The number of hydrogen-bond donors (Lipinski definition) is 2. The van der Waals surface area contributed by atoms with Crippen molar-refractivity contribution in [1.29, 1.82) is 0 Å². The minimum Gasteiger partial charge on any atom is -0.387 e. The van der Waals surface area contributed by atoms with E-state index in [0.29, 0.717) is 11.3 Å². The van der Waals surface area contributed by atoms with Crippen LogP contribution in [0.5, 0.6) is 0 Å². The van der Waals surface area contributed by atoms with Gasteiger partial charge in [-0.3, -0.25) is 4.98 Å². The maximum atomic E-state index is 13.0. The van der Waals surface area contributed by atoms with E-state index in [-0.39, 0.29) is 18.4 Å². The Hall–Kier alpha value is -2.99. The molecule has 128 valence electrons. The molecule has 0 aliphatic rings. The highest BCUT2D eigenvalue weighted by molar-refractivity contribution is 6.01. The van der Waals surface area contributed by atoms with Crippen molar-refractivity contribution in [2.45, 2.75) is 6.10 Å². The number of urea groups is 1. The van der Waals surface area contributed by atoms with Gasteiger partial charge in [0.05, 0.1) is 18.3 Å². The Kier molecular flexibility index (Phi) is 4.90. The predicted molar refractivity (Wildman–Crippen MR) is 94.8 cm³/mol. The highest BCUT2D eigenvalue weighted by atomic mass is 19.1. The number of carbonyl (C=O) groups excluding carboxylic acids is 1. The number of aliphatic hydroxyl groups excluding tert-OH is 1. The van der Waals surface area contributed by atoms with E-state index >= 15 is 0 Å². The fourth-order valence-electron chi connectivity index (χ4n) is 2.57. The molecule has 0 bridgehead atoms. The predicted octanol–water partition coefficient (Wildman–Crippen LogP) is 3.57. The fraction of sp³-hybridized carbons (Fsp3) is 0.158. The maximum Gasteiger partial charge on any atom is 0.321 e. The number of halogens is 1. The van der Waals surface area contributed by atoms with Gasteiger partial charge in [-0.15, -0.1) is 0 Å². The van der Waals surface area contributed by atoms with Crippen LogP contribution in [0, 0.1) is 5.82 Å². The van der Waals surface area contributed by atoms with Crippen LogP contribution < -0.4 is 5.32 Å². The minimum atomic E-state index is -0.895. The van der Waals surface area contributed by atoms with Gasteiger partial charge in [-0.25, -0.2) is 9.18 Å². The molecule has 2 N–H and O–H groups in total. The van der Waals surface area contributed by atoms with E-state index in [1.54, 1.807) is 19.4 Å². The summed E-state index contributed by atoms with van der Waals surface area (Å²) >= 11 is 0. The van der Waals surface area contributed by atoms with Gasteiger partial charge in [0.15, 0.2) is 0 Å². The van der Waals surface area contributed by atoms with Crippen LogP contribution in [0.2, 0.25) is 0 Å². The molecule has 0 aliphatic carbocycles. The molecule has 0 saturated carbocycles. The van der Waals surface area contributed by atoms with E-state index in [0.717, 1.165) is 10.8 Å². The zero-order valence-electron chi connectivity index (χ0n) is 13.7. The smallest absolute Gasteiger partial charge is 0.321 e. The molecule has 0 spiro atoms. The van der Waals surface area contributed by atoms with Crippen molar-refractivity contribution in [2.75, 3.05) is 18.9 Å². The van der Waals surface area contributed by atoms with Crippen LogP contribution in [0.4, 0.5) is 14.9 Å². The van der Waals surface area contributed by atoms with Crippen LogP contribution in [0.3, 0.4) is 0 Å². The van der Waals surface area contributed by atoms with Crippen LogP contribution >= 0.6 is 0 Å². The number of amides is 2. The van der Waals surface area contributed by atoms with Gasteiger partial charge in [0.2, 0.25) is 0 Å². The monoisotopic (exact) mass is 339 g/mol. The molecule has 1 aromatic heterocycles. The number of fused-ring (bicyclic) bond motifs is 1. The molecule has 2 aromatic carbocycles. The Morgan fingerprint density at radius 2 is 2.00 bits per heavy atom. The molecule has 1 atom stereocenters. The lowest BCUT2D eigenvalue weighted by Crippen LogP contribution is -2.34. The van der Waals surface area contributed by atoms with E-state index in [1.807, 2.05) is 24.3 Å². The molecule has 25 heavy (non-hydrogen) atoms. The van der Waals surface area contributed by atoms with Gasteiger partial charge >= 0.3 is 6.03 Å². The van der Waals surface area contributed by atoms with Crippen molar-refractivity contribution in [3.63, 3.8) is 0 Å². The minimum absolute atomic E-state index is 0.0871. The molecule has 6 heteroatoms. The number of pyridine rings is 1. The SMILES string of the molecule is CN(CC(O)c1ccc(F)cc1)C(=O)Nc1cccc2cnccc12. The van der Waals surface area contributed by atoms with Crippen molar-refractivity contribution < 1.29 is 14.3 Å². The van der Waals surface area contributed by atoms with Crippen LogP contribution in [0.25, 0.3) is 10.8 Å². The van der Waals surface area contributed by atoms with Crippen molar-refractivity contribution in [2.24, 2.45) is 0 Å². The number of hydrogen-bond acceptors (Lipinski definition) is 3. The van der Waals surface area contributed by atoms with Gasteiger partial charge in [-0.05, 0) is 29.8 Å². The number of aliphatic hydroxyl groups is 1. The van der Waals surface area contributed by atoms with Gasteiger partial charge in [-0.2, -0.15) is 0 Å². The number of aromatic nitrogens is 1. The molecular weight excluding hydrogens is 321 g/mol. The first-order valence-corrected chi connectivity index (χ1v) is 7.83. The zero-order chi connectivity index (χ0) is 17.8. The Balaban J connectivity index is 1.69. The summed E-state index contributed by atoms with van der Waals surface area (Å²) < 4.78 is 13.0. The molecule has 0 fully saturated rings. The van der Waals surface area contributed by atoms with Crippen molar-refractivity contribution >= 4 is 22.5 Å². The first-order valence-electron chi connectivity index (χ1n) is 7.83. The van der Waals surface area contributed by atoms with E-state index in [9.17, 15) is 14.3 Å². The number of nitrogens with zero attached hydrogens (tertiary/aromatic N) is 2. The Labute approximate surface area is 144 Å². The number of anilines is 1. The molecule has 3 rings (SSSR count). The number of rotatable bonds is 4. The lowest BCUT2D eigenvalue weighted by Gasteiger charge is -2.22. The second kappa shape index (κ2) is 7.27. The highest BCUT2D eigenvalue weighted by Gasteiger charge is 2.16. The molecule has 5 nitrogen and oxygen atoms in total. The van der Waals surface area contributed by atoms with E-state index in [4.69, 9.17) is 0 Å². The van der Waals surface area contributed by atoms with Crippen molar-refractivity contribution in [3.05, 3.63) is 72.3 Å². The van der Waals surface area contributed by atoms with Crippen LogP contribution in [0.1, 0.15) is 11.7 Å². The molecule has 0 radical (unpaired) electrons. The Bertz CT molecular complexity index is 878. The maximum absolute atomic E-state index is 13.0. The van der Waals surface area contributed by atoms with Gasteiger partial charge in [0, 0.05) is 30.2 Å². The second-order valence-electron chi connectivity index (χ2n) is 5.78. The zero-order valence-corrected chi connectivity index (χ0v) is 13.7. The van der Waals surface area contributed by atoms with Gasteiger partial charge in [0.25, 0.3) is 0 Å². The number of nitrogens with one attached hydrogen (secondary N) is 1. The summed E-state index contributed by atoms with van der Waals surface area (Å²) in [4.78, 5) is 17.9. The average molecular weight is 339 g/mol. The van der Waals surface area contributed by atoms with Gasteiger partial charge < -0.3 is 15.3 Å². The molecule has 0 aliphatic heterocycles. The average Bonchev–Trinajstić information content (AvgIpc) is 2.62. The van der Waals surface area contributed by atoms with Crippen LogP contribution in [-0.2, 0) is 0 Å². The summed E-state index contributed by atoms with van der Waals surface area (Å²) in [7, 11) is 1.59. The van der Waals surface area contributed by atoms with E-state index in [2.05, 4.69) is 10.3 Å². The molecular formula is C19H18FN3O2. The second-order valence-corrected chi connectivity index (χ2v) is 5.78. The van der Waals surface area contributed by atoms with Crippen molar-refractivity contribution in [3.8, 4) is 0 Å². The van der Waals surface area contributed by atoms with E-state index in [1.165, 1.54) is 29.2 Å². The highest BCUT2D eigenvalue weighted by Crippen LogP contribution is 2.22. The summed E-state index contributed by atoms with van der Waals surface area (Å²) in [5, 5.41) is 14.9. The third-order valence-corrected chi connectivity index (χ3v) is 3.97. The van der Waals surface area contributed by atoms with Gasteiger partial charge in [0.1, 0.15) is 5.82 Å². The topological polar surface area (TPSA) is 65.5 Å². The number of likely N-dealkylation sites (N-methyl/N-ethyl adjacent to an activating group) is 1. The number of carbonyl (C=O) groups is 1. The molecule has 3 aromatic rings. The fourth-order valence-corrected chi connectivity index (χ4v) is 2.57. The van der Waals surface area contributed by atoms with Crippen LogP contribution in [-0.4, -0.2) is 34.6 Å². The number of benzene rings is 2. The Morgan fingerprint density at radius 1 is 1.24 bits per heavy atom. The third-order valence-electron chi connectivity index (χ3n) is 3.97. The summed E-state index contributed by atoms with van der Waals surface area (Å²) in [6.07, 6.45) is 2.50. The molecule has 1 heterocycles. The molecule has 0 saturated heterocycles. The molecule has 1 unspecified atom stereocenters. The lowest BCUT2D eigenvalue weighted by atomic mass is 10.1. The first-order chi connectivity index (χ1) is 12.0. The first kappa shape index (κ1) is 16.9. The standard InChI is InChI=1S/C19H18FN3O2/c1-23(12-18(24)13-5-7-15(20)8-6-13)19(25)22-17-4-2-3-14-11-21-10-9-16(14)17/h2-11,18,24H,12H2,1H3,(H,22,25). The van der Waals surface area contributed by atoms with Crippen molar-refractivity contribution in [1.82, 2.24) is 9.88 Å². The van der Waals surface area contributed by atoms with Gasteiger partial charge in [-0.1, -0.05) is 24.3 Å². The Morgan fingerprint density at radius 3 is 2.76 bits per heavy atom. The largest absolute Gasteiger partial charge is 0.387 e. The molecule has 2 amide bonds. The summed E-state index contributed by atoms with van der Waals surface area (Å²) in [5.41, 5.74) is 1.23. The summed E-state index contributed by atoms with van der Waals surface area (Å²) in [6.45, 7) is 0.0871.